The van der Waals surface area contributed by atoms with Crippen molar-refractivity contribution in [2.75, 3.05) is 5.73 Å². The van der Waals surface area contributed by atoms with Crippen molar-refractivity contribution in [1.29, 1.82) is 0 Å². The SMILES string of the molecule is Cc1ccc(C(=O)NC2CCCC2(C)C)c(N)c1. The molecule has 1 atom stereocenters. The molecule has 98 valence electrons. The maximum atomic E-state index is 12.2. The quantitative estimate of drug-likeness (QED) is 0.788. The van der Waals surface area contributed by atoms with Gasteiger partial charge in [0.25, 0.3) is 5.91 Å². The van der Waals surface area contributed by atoms with Gasteiger partial charge in [-0.3, -0.25) is 4.79 Å². The van der Waals surface area contributed by atoms with E-state index in [-0.39, 0.29) is 17.4 Å². The van der Waals surface area contributed by atoms with Crippen molar-refractivity contribution in [3.8, 4) is 0 Å². The standard InChI is InChI=1S/C15H22N2O/c1-10-6-7-11(12(16)9-10)14(18)17-13-5-4-8-15(13,2)3/h6-7,9,13H,4-5,8,16H2,1-3H3,(H,17,18). The molecule has 1 aromatic rings. The lowest BCUT2D eigenvalue weighted by atomic mass is 9.87. The molecule has 0 aromatic heterocycles. The van der Waals surface area contributed by atoms with Crippen molar-refractivity contribution in [2.24, 2.45) is 5.41 Å². The van der Waals surface area contributed by atoms with Crippen molar-refractivity contribution in [3.63, 3.8) is 0 Å². The van der Waals surface area contributed by atoms with E-state index < -0.39 is 0 Å². The Bertz CT molecular complexity index is 466. The van der Waals surface area contributed by atoms with Gasteiger partial charge in [0.15, 0.2) is 0 Å². The summed E-state index contributed by atoms with van der Waals surface area (Å²) in [6.07, 6.45) is 3.41. The molecule has 0 bridgehead atoms. The lowest BCUT2D eigenvalue weighted by Gasteiger charge is -2.28. The van der Waals surface area contributed by atoms with E-state index in [1.165, 1.54) is 12.8 Å². The van der Waals surface area contributed by atoms with Crippen molar-refractivity contribution in [1.82, 2.24) is 5.32 Å². The summed E-state index contributed by atoms with van der Waals surface area (Å²) in [6, 6.07) is 5.83. The van der Waals surface area contributed by atoms with Gasteiger partial charge in [-0.25, -0.2) is 0 Å². The Morgan fingerprint density at radius 1 is 1.44 bits per heavy atom. The zero-order valence-electron chi connectivity index (χ0n) is 11.4. The van der Waals surface area contributed by atoms with Crippen molar-refractivity contribution in [2.45, 2.75) is 46.1 Å². The molecule has 0 saturated heterocycles. The second-order valence-electron chi connectivity index (χ2n) is 6.00. The number of nitrogens with two attached hydrogens (primary N) is 1. The van der Waals surface area contributed by atoms with Gasteiger partial charge in [0.05, 0.1) is 5.56 Å². The van der Waals surface area contributed by atoms with Gasteiger partial charge in [0.2, 0.25) is 0 Å². The minimum atomic E-state index is -0.0486. The van der Waals surface area contributed by atoms with Crippen molar-refractivity contribution < 1.29 is 4.79 Å². The van der Waals surface area contributed by atoms with Crippen LogP contribution < -0.4 is 11.1 Å². The van der Waals surface area contributed by atoms with E-state index in [9.17, 15) is 4.79 Å². The highest BCUT2D eigenvalue weighted by Gasteiger charge is 2.35. The monoisotopic (exact) mass is 246 g/mol. The maximum Gasteiger partial charge on any atom is 0.253 e. The van der Waals surface area contributed by atoms with Crippen LogP contribution in [0.5, 0.6) is 0 Å². The summed E-state index contributed by atoms with van der Waals surface area (Å²) >= 11 is 0. The van der Waals surface area contributed by atoms with Gasteiger partial charge < -0.3 is 11.1 Å². The summed E-state index contributed by atoms with van der Waals surface area (Å²) in [7, 11) is 0. The Morgan fingerprint density at radius 2 is 2.17 bits per heavy atom. The Morgan fingerprint density at radius 3 is 2.72 bits per heavy atom. The third-order valence-corrected chi connectivity index (χ3v) is 4.01. The fourth-order valence-corrected chi connectivity index (χ4v) is 2.72. The molecule has 3 heteroatoms. The highest BCUT2D eigenvalue weighted by atomic mass is 16.1. The van der Waals surface area contributed by atoms with Crippen molar-refractivity contribution >= 4 is 11.6 Å². The second-order valence-corrected chi connectivity index (χ2v) is 6.00. The van der Waals surface area contributed by atoms with Gasteiger partial charge in [0, 0.05) is 11.7 Å². The molecule has 0 heterocycles. The van der Waals surface area contributed by atoms with Crippen LogP contribution in [-0.2, 0) is 0 Å². The maximum absolute atomic E-state index is 12.2. The van der Waals surface area contributed by atoms with E-state index in [1.54, 1.807) is 0 Å². The highest BCUT2D eigenvalue weighted by molar-refractivity contribution is 5.99. The van der Waals surface area contributed by atoms with Crippen LogP contribution in [0.3, 0.4) is 0 Å². The molecule has 1 unspecified atom stereocenters. The molecule has 1 aliphatic rings. The zero-order chi connectivity index (χ0) is 13.3. The predicted octanol–water partition coefficient (Wildman–Crippen LogP) is 2.89. The zero-order valence-corrected chi connectivity index (χ0v) is 11.4. The summed E-state index contributed by atoms with van der Waals surface area (Å²) in [5.41, 5.74) is 8.31. The summed E-state index contributed by atoms with van der Waals surface area (Å²) in [5.74, 6) is -0.0486. The average Bonchev–Trinajstić information content (AvgIpc) is 2.58. The number of nitrogens with one attached hydrogen (secondary N) is 1. The normalized spacial score (nSPS) is 21.8. The molecule has 0 aliphatic heterocycles. The molecule has 2 rings (SSSR count). The predicted molar refractivity (Wildman–Crippen MR) is 74.5 cm³/mol. The number of hydrogen-bond acceptors (Lipinski definition) is 2. The number of carbonyl (C=O) groups excluding carboxylic acids is 1. The molecule has 3 N–H and O–H groups in total. The van der Waals surface area contributed by atoms with E-state index in [0.29, 0.717) is 11.3 Å². The van der Waals surface area contributed by atoms with Crippen LogP contribution in [0.1, 0.15) is 49.0 Å². The lowest BCUT2D eigenvalue weighted by molar-refractivity contribution is 0.0911. The van der Waals surface area contributed by atoms with Gasteiger partial charge >= 0.3 is 0 Å². The first-order chi connectivity index (χ1) is 8.40. The Balaban J connectivity index is 2.13. The molecule has 3 nitrogen and oxygen atoms in total. The van der Waals surface area contributed by atoms with E-state index >= 15 is 0 Å². The molecule has 0 radical (unpaired) electrons. The number of amides is 1. The average molecular weight is 246 g/mol. The van der Waals surface area contributed by atoms with Gasteiger partial charge in [0.1, 0.15) is 0 Å². The van der Waals surface area contributed by atoms with Gasteiger partial charge in [-0.1, -0.05) is 26.3 Å². The van der Waals surface area contributed by atoms with Crippen LogP contribution in [0.15, 0.2) is 18.2 Å². The summed E-state index contributed by atoms with van der Waals surface area (Å²) < 4.78 is 0. The number of hydrogen-bond donors (Lipinski definition) is 2. The molecule has 18 heavy (non-hydrogen) atoms. The van der Waals surface area contributed by atoms with E-state index in [0.717, 1.165) is 12.0 Å². The largest absolute Gasteiger partial charge is 0.398 e. The Labute approximate surface area is 109 Å². The summed E-state index contributed by atoms with van der Waals surface area (Å²) in [5, 5.41) is 3.13. The number of aryl methyl sites for hydroxylation is 1. The van der Waals surface area contributed by atoms with Crippen molar-refractivity contribution in [3.05, 3.63) is 29.3 Å². The number of carbonyl (C=O) groups is 1. The fourth-order valence-electron chi connectivity index (χ4n) is 2.72. The van der Waals surface area contributed by atoms with E-state index in [1.807, 2.05) is 25.1 Å². The van der Waals surface area contributed by atoms with Crippen LogP contribution in [0.25, 0.3) is 0 Å². The minimum absolute atomic E-state index is 0.0486. The molecule has 1 aromatic carbocycles. The third-order valence-electron chi connectivity index (χ3n) is 4.01. The first kappa shape index (κ1) is 12.9. The Hall–Kier alpha value is -1.51. The smallest absolute Gasteiger partial charge is 0.253 e. The number of rotatable bonds is 2. The fraction of sp³-hybridized carbons (Fsp3) is 0.533. The van der Waals surface area contributed by atoms with Gasteiger partial charge in [-0.15, -0.1) is 0 Å². The molecular formula is C15H22N2O. The first-order valence-electron chi connectivity index (χ1n) is 6.57. The van der Waals surface area contributed by atoms with Crippen LogP contribution >= 0.6 is 0 Å². The van der Waals surface area contributed by atoms with Crippen LogP contribution in [0, 0.1) is 12.3 Å². The highest BCUT2D eigenvalue weighted by Crippen LogP contribution is 2.37. The summed E-state index contributed by atoms with van der Waals surface area (Å²) in [4.78, 5) is 12.2. The molecule has 1 aliphatic carbocycles. The van der Waals surface area contributed by atoms with Gasteiger partial charge in [-0.2, -0.15) is 0 Å². The molecule has 1 amide bonds. The van der Waals surface area contributed by atoms with Gasteiger partial charge in [-0.05, 0) is 42.9 Å². The first-order valence-corrected chi connectivity index (χ1v) is 6.57. The van der Waals surface area contributed by atoms with Crippen LogP contribution in [0.2, 0.25) is 0 Å². The molecule has 1 saturated carbocycles. The third kappa shape index (κ3) is 2.50. The van der Waals surface area contributed by atoms with Crippen LogP contribution in [-0.4, -0.2) is 11.9 Å². The minimum Gasteiger partial charge on any atom is -0.398 e. The Kier molecular flexibility index (Phi) is 3.33. The molecule has 0 spiro atoms. The van der Waals surface area contributed by atoms with Crippen LogP contribution in [0.4, 0.5) is 5.69 Å². The van der Waals surface area contributed by atoms with E-state index in [2.05, 4.69) is 19.2 Å². The topological polar surface area (TPSA) is 55.1 Å². The molecular weight excluding hydrogens is 224 g/mol. The van der Waals surface area contributed by atoms with E-state index in [4.69, 9.17) is 5.73 Å². The lowest BCUT2D eigenvalue weighted by Crippen LogP contribution is -2.41. The summed E-state index contributed by atoms with van der Waals surface area (Å²) in [6.45, 7) is 6.39. The molecule has 1 fully saturated rings. The number of benzene rings is 1. The second kappa shape index (κ2) is 4.63. The number of anilines is 1. The number of nitrogen functional groups attached to an aromatic ring is 1.